The molecule has 0 aromatic rings. The van der Waals surface area contributed by atoms with Gasteiger partial charge in [-0.05, 0) is 116 Å². The summed E-state index contributed by atoms with van der Waals surface area (Å²) in [6.45, 7) is 24.7. The maximum absolute atomic E-state index is 4.20. The van der Waals surface area contributed by atoms with Gasteiger partial charge >= 0.3 is 0 Å². The van der Waals surface area contributed by atoms with Gasteiger partial charge in [-0.25, -0.2) is 0 Å². The van der Waals surface area contributed by atoms with Crippen LogP contribution < -0.4 is 0 Å². The van der Waals surface area contributed by atoms with Gasteiger partial charge in [0.15, 0.2) is 0 Å². The van der Waals surface area contributed by atoms with E-state index in [0.717, 1.165) is 23.7 Å². The van der Waals surface area contributed by atoms with E-state index in [1.165, 1.54) is 69.8 Å². The van der Waals surface area contributed by atoms with Gasteiger partial charge in [-0.2, -0.15) is 0 Å². The molecule has 0 heterocycles. The second kappa shape index (κ2) is 7.77. The summed E-state index contributed by atoms with van der Waals surface area (Å²) in [5.41, 5.74) is 5.25. The maximum atomic E-state index is 4.20. The van der Waals surface area contributed by atoms with Crippen LogP contribution in [0.25, 0.3) is 0 Å². The average Bonchev–Trinajstić information content (AvgIpc) is 3.03. The third-order valence-electron chi connectivity index (χ3n) is 12.2. The number of allylic oxidation sites excluding steroid dienone is 3. The molecule has 8 atom stereocenters. The van der Waals surface area contributed by atoms with Gasteiger partial charge in [0.1, 0.15) is 0 Å². The number of hydrogen-bond acceptors (Lipinski definition) is 0. The maximum Gasteiger partial charge on any atom is -0.00566 e. The molecule has 0 spiro atoms. The summed E-state index contributed by atoms with van der Waals surface area (Å²) in [4.78, 5) is 0. The molecule has 0 amide bonds. The van der Waals surface area contributed by atoms with Crippen molar-refractivity contribution in [2.45, 2.75) is 120 Å². The molecule has 0 aromatic carbocycles. The Hall–Kier alpha value is -0.520. The van der Waals surface area contributed by atoms with Gasteiger partial charge in [0, 0.05) is 0 Å². The van der Waals surface area contributed by atoms with E-state index in [-0.39, 0.29) is 0 Å². The van der Waals surface area contributed by atoms with Gasteiger partial charge in [-0.15, -0.1) is 0 Å². The fourth-order valence-electron chi connectivity index (χ4n) is 9.78. The van der Waals surface area contributed by atoms with E-state index in [0.29, 0.717) is 27.6 Å². The predicted octanol–water partition coefficient (Wildman–Crippen LogP) is 9.61. The zero-order valence-corrected chi connectivity index (χ0v) is 22.2. The lowest BCUT2D eigenvalue weighted by atomic mass is 9.37. The van der Waals surface area contributed by atoms with Gasteiger partial charge in [0.05, 0.1) is 0 Å². The summed E-state index contributed by atoms with van der Waals surface area (Å²) in [6.07, 6.45) is 17.0. The zero-order valence-electron chi connectivity index (χ0n) is 22.2. The second-order valence-corrected chi connectivity index (χ2v) is 14.1. The third-order valence-corrected chi connectivity index (χ3v) is 12.2. The highest BCUT2D eigenvalue weighted by molar-refractivity contribution is 5.32. The van der Waals surface area contributed by atoms with Crippen LogP contribution in [0.1, 0.15) is 120 Å². The molecule has 176 valence electrons. The minimum atomic E-state index is 0.435. The topological polar surface area (TPSA) is 0 Å². The second-order valence-electron chi connectivity index (χ2n) is 14.1. The third kappa shape index (κ3) is 3.44. The lowest BCUT2D eigenvalue weighted by Gasteiger charge is -2.67. The highest BCUT2D eigenvalue weighted by Crippen LogP contribution is 2.74. The van der Waals surface area contributed by atoms with Crippen molar-refractivity contribution in [1.82, 2.24) is 0 Å². The Morgan fingerprint density at radius 3 is 2.35 bits per heavy atom. The van der Waals surface area contributed by atoms with Gasteiger partial charge < -0.3 is 0 Å². The van der Waals surface area contributed by atoms with Crippen molar-refractivity contribution in [3.63, 3.8) is 0 Å². The Kier molecular flexibility index (Phi) is 5.92. The molecule has 0 saturated heterocycles. The molecule has 4 aliphatic carbocycles. The van der Waals surface area contributed by atoms with Crippen LogP contribution in [-0.2, 0) is 0 Å². The Morgan fingerprint density at radius 2 is 1.68 bits per heavy atom. The first-order valence-corrected chi connectivity index (χ1v) is 13.7. The summed E-state index contributed by atoms with van der Waals surface area (Å²) < 4.78 is 0. The Balaban J connectivity index is 1.60. The SMILES string of the molecule is C=C(C)[C@H](C)CC[C@@H](C)[C@H]1CC[C@]2(C)C1=CC[C@H]1[C@@]3(C)CCCC(C)(C)[C@@H]3CC[C@]12C. The van der Waals surface area contributed by atoms with Crippen LogP contribution in [0, 0.1) is 51.2 Å². The van der Waals surface area contributed by atoms with Crippen LogP contribution in [0.4, 0.5) is 0 Å². The highest BCUT2D eigenvalue weighted by atomic mass is 14.7. The molecule has 3 saturated carbocycles. The molecule has 0 bridgehead atoms. The molecule has 0 aliphatic heterocycles. The van der Waals surface area contributed by atoms with Crippen molar-refractivity contribution in [1.29, 1.82) is 0 Å². The van der Waals surface area contributed by atoms with Crippen LogP contribution in [0.5, 0.6) is 0 Å². The zero-order chi connectivity index (χ0) is 22.8. The summed E-state index contributed by atoms with van der Waals surface area (Å²) in [5, 5.41) is 0. The molecule has 0 N–H and O–H groups in total. The van der Waals surface area contributed by atoms with Gasteiger partial charge in [0.2, 0.25) is 0 Å². The van der Waals surface area contributed by atoms with Gasteiger partial charge in [-0.3, -0.25) is 0 Å². The summed E-state index contributed by atoms with van der Waals surface area (Å²) >= 11 is 0. The fourth-order valence-corrected chi connectivity index (χ4v) is 9.78. The van der Waals surface area contributed by atoms with Crippen LogP contribution >= 0.6 is 0 Å². The van der Waals surface area contributed by atoms with E-state index >= 15 is 0 Å². The largest absolute Gasteiger partial charge is 0.0999 e. The van der Waals surface area contributed by atoms with Crippen molar-refractivity contribution in [2.75, 3.05) is 0 Å². The van der Waals surface area contributed by atoms with Crippen LogP contribution in [-0.4, -0.2) is 0 Å². The predicted molar refractivity (Wildman–Crippen MR) is 136 cm³/mol. The minimum Gasteiger partial charge on any atom is -0.0999 e. The summed E-state index contributed by atoms with van der Waals surface area (Å²) in [6, 6.07) is 0. The van der Waals surface area contributed by atoms with Crippen LogP contribution in [0.15, 0.2) is 23.8 Å². The molecule has 0 unspecified atom stereocenters. The molecule has 0 nitrogen and oxygen atoms in total. The minimum absolute atomic E-state index is 0.435. The molecular weight excluding hydrogens is 372 g/mol. The van der Waals surface area contributed by atoms with Crippen molar-refractivity contribution in [3.05, 3.63) is 23.8 Å². The van der Waals surface area contributed by atoms with Crippen LogP contribution in [0.3, 0.4) is 0 Å². The van der Waals surface area contributed by atoms with Gasteiger partial charge in [-0.1, -0.05) is 78.7 Å². The molecule has 0 aromatic heterocycles. The van der Waals surface area contributed by atoms with E-state index in [1.807, 2.05) is 5.57 Å². The Bertz CT molecular complexity index is 739. The molecule has 31 heavy (non-hydrogen) atoms. The molecule has 0 radical (unpaired) electrons. The number of hydrogen-bond donors (Lipinski definition) is 0. The molecular formula is C31H52. The Labute approximate surface area is 194 Å². The van der Waals surface area contributed by atoms with E-state index < -0.39 is 0 Å². The quantitative estimate of drug-likeness (QED) is 0.385. The van der Waals surface area contributed by atoms with E-state index in [9.17, 15) is 0 Å². The number of fused-ring (bicyclic) bond motifs is 5. The fraction of sp³-hybridized carbons (Fsp3) is 0.871. The number of rotatable bonds is 5. The van der Waals surface area contributed by atoms with E-state index in [2.05, 4.69) is 68.0 Å². The molecule has 0 heteroatoms. The first kappa shape index (κ1) is 23.6. The standard InChI is InChI=1S/C31H52/c1-21(2)22(3)11-12-23(4)24-15-19-30(8)25(24)13-14-27-29(7)18-10-17-28(5,6)26(29)16-20-31(27,30)9/h13,22-24,26-27H,1,10-12,14-20H2,2-9H3/t22-,23-,24-,26+,27+,29+,30-,31-/m1/s1. The van der Waals surface area contributed by atoms with Crippen molar-refractivity contribution in [2.24, 2.45) is 51.2 Å². The molecule has 4 rings (SSSR count). The lowest BCUT2D eigenvalue weighted by Crippen LogP contribution is -2.60. The van der Waals surface area contributed by atoms with Crippen LogP contribution in [0.2, 0.25) is 0 Å². The first-order chi connectivity index (χ1) is 14.4. The summed E-state index contributed by atoms with van der Waals surface area (Å²) in [5.74, 6) is 4.11. The smallest absolute Gasteiger partial charge is 0.00566 e. The van der Waals surface area contributed by atoms with E-state index in [1.54, 1.807) is 0 Å². The Morgan fingerprint density at radius 1 is 0.968 bits per heavy atom. The normalized spacial score (nSPS) is 45.7. The van der Waals surface area contributed by atoms with Crippen molar-refractivity contribution < 1.29 is 0 Å². The van der Waals surface area contributed by atoms with E-state index in [4.69, 9.17) is 0 Å². The monoisotopic (exact) mass is 424 g/mol. The lowest BCUT2D eigenvalue weighted by molar-refractivity contribution is -0.164. The van der Waals surface area contributed by atoms with Crippen molar-refractivity contribution in [3.8, 4) is 0 Å². The highest BCUT2D eigenvalue weighted by Gasteiger charge is 2.65. The summed E-state index contributed by atoms with van der Waals surface area (Å²) in [7, 11) is 0. The average molecular weight is 425 g/mol. The van der Waals surface area contributed by atoms with Gasteiger partial charge in [0.25, 0.3) is 0 Å². The van der Waals surface area contributed by atoms with Crippen molar-refractivity contribution >= 4 is 0 Å². The molecule has 4 aliphatic rings. The first-order valence-electron chi connectivity index (χ1n) is 13.7. The molecule has 3 fully saturated rings.